The van der Waals surface area contributed by atoms with Crippen LogP contribution in [0.4, 0.5) is 0 Å². The normalized spacial score (nSPS) is 10.4. The van der Waals surface area contributed by atoms with Crippen LogP contribution in [0.1, 0.15) is 26.2 Å². The predicted octanol–water partition coefficient (Wildman–Crippen LogP) is 1.21. The van der Waals surface area contributed by atoms with Crippen molar-refractivity contribution in [3.63, 3.8) is 0 Å². The average Bonchev–Trinajstić information content (AvgIpc) is 2.67. The van der Waals surface area contributed by atoms with Gasteiger partial charge in [0.15, 0.2) is 5.16 Å². The highest BCUT2D eigenvalue weighted by Gasteiger charge is 2.05. The number of carbonyl (C=O) groups is 1. The SMILES string of the molecule is CCCCCNC(=O)CSc1nncn1C. The molecule has 0 unspecified atom stereocenters. The molecule has 90 valence electrons. The number of aryl methyl sites for hydroxylation is 1. The van der Waals surface area contributed by atoms with Crippen LogP contribution in [0.3, 0.4) is 0 Å². The van der Waals surface area contributed by atoms with Crippen molar-refractivity contribution in [3.8, 4) is 0 Å². The Labute approximate surface area is 100 Å². The standard InChI is InChI=1S/C10H18N4OS/c1-3-4-5-6-11-9(15)7-16-10-13-12-8-14(10)2/h8H,3-7H2,1-2H3,(H,11,15). The molecule has 0 atom stereocenters. The summed E-state index contributed by atoms with van der Waals surface area (Å²) in [4.78, 5) is 11.4. The van der Waals surface area contributed by atoms with Crippen LogP contribution in [-0.2, 0) is 11.8 Å². The summed E-state index contributed by atoms with van der Waals surface area (Å²) in [5, 5.41) is 11.3. The molecule has 6 heteroatoms. The number of thioether (sulfide) groups is 1. The summed E-state index contributed by atoms with van der Waals surface area (Å²) in [6.45, 7) is 2.91. The first-order valence-electron chi connectivity index (χ1n) is 5.47. The molecule has 0 aliphatic heterocycles. The molecule has 0 saturated heterocycles. The van der Waals surface area contributed by atoms with E-state index in [0.717, 1.165) is 24.5 Å². The minimum Gasteiger partial charge on any atom is -0.355 e. The summed E-state index contributed by atoms with van der Waals surface area (Å²) in [6.07, 6.45) is 5.01. The number of hydrogen-bond acceptors (Lipinski definition) is 4. The fraction of sp³-hybridized carbons (Fsp3) is 0.700. The molecular weight excluding hydrogens is 224 g/mol. The van der Waals surface area contributed by atoms with Gasteiger partial charge < -0.3 is 9.88 Å². The zero-order valence-corrected chi connectivity index (χ0v) is 10.6. The van der Waals surface area contributed by atoms with Gasteiger partial charge in [0.1, 0.15) is 6.33 Å². The number of rotatable bonds is 7. The summed E-state index contributed by atoms with van der Waals surface area (Å²) in [5.74, 6) is 0.461. The minimum absolute atomic E-state index is 0.0594. The summed E-state index contributed by atoms with van der Waals surface area (Å²) in [6, 6.07) is 0. The summed E-state index contributed by atoms with van der Waals surface area (Å²) >= 11 is 1.40. The molecule has 5 nitrogen and oxygen atoms in total. The van der Waals surface area contributed by atoms with Crippen LogP contribution in [-0.4, -0.2) is 33.0 Å². The van der Waals surface area contributed by atoms with E-state index in [0.29, 0.717) is 5.75 Å². The predicted molar refractivity (Wildman–Crippen MR) is 64.3 cm³/mol. The zero-order chi connectivity index (χ0) is 11.8. The highest BCUT2D eigenvalue weighted by atomic mass is 32.2. The van der Waals surface area contributed by atoms with Crippen molar-refractivity contribution in [2.75, 3.05) is 12.3 Å². The average molecular weight is 242 g/mol. The van der Waals surface area contributed by atoms with Crippen molar-refractivity contribution < 1.29 is 4.79 Å². The van der Waals surface area contributed by atoms with Gasteiger partial charge in [0.05, 0.1) is 5.75 Å². The van der Waals surface area contributed by atoms with Crippen molar-refractivity contribution in [3.05, 3.63) is 6.33 Å². The summed E-state index contributed by atoms with van der Waals surface area (Å²) < 4.78 is 1.80. The molecular formula is C10H18N4OS. The Morgan fingerprint density at radius 2 is 2.38 bits per heavy atom. The molecule has 0 fully saturated rings. The molecule has 1 rings (SSSR count). The third kappa shape index (κ3) is 4.65. The molecule has 0 spiro atoms. The monoisotopic (exact) mass is 242 g/mol. The van der Waals surface area contributed by atoms with Crippen molar-refractivity contribution in [1.29, 1.82) is 0 Å². The first kappa shape index (κ1) is 13.0. The quantitative estimate of drug-likeness (QED) is 0.577. The third-order valence-electron chi connectivity index (χ3n) is 2.10. The molecule has 0 aliphatic carbocycles. The summed E-state index contributed by atoms with van der Waals surface area (Å²) in [7, 11) is 1.86. The highest BCUT2D eigenvalue weighted by Crippen LogP contribution is 2.12. The molecule has 1 aromatic rings. The van der Waals surface area contributed by atoms with Crippen molar-refractivity contribution in [1.82, 2.24) is 20.1 Å². The Hall–Kier alpha value is -1.04. The van der Waals surface area contributed by atoms with Gasteiger partial charge in [-0.25, -0.2) is 0 Å². The number of amides is 1. The first-order chi connectivity index (χ1) is 7.74. The molecule has 0 aromatic carbocycles. The lowest BCUT2D eigenvalue weighted by molar-refractivity contribution is -0.118. The van der Waals surface area contributed by atoms with E-state index in [-0.39, 0.29) is 5.91 Å². The van der Waals surface area contributed by atoms with E-state index in [9.17, 15) is 4.79 Å². The number of unbranched alkanes of at least 4 members (excludes halogenated alkanes) is 2. The Kier molecular flexibility index (Phi) is 5.92. The maximum absolute atomic E-state index is 11.4. The van der Waals surface area contributed by atoms with Gasteiger partial charge in [-0.3, -0.25) is 4.79 Å². The largest absolute Gasteiger partial charge is 0.355 e. The van der Waals surface area contributed by atoms with Crippen LogP contribution in [0.25, 0.3) is 0 Å². The van der Waals surface area contributed by atoms with Crippen LogP contribution >= 0.6 is 11.8 Å². The molecule has 16 heavy (non-hydrogen) atoms. The maximum atomic E-state index is 11.4. The fourth-order valence-corrected chi connectivity index (χ4v) is 1.91. The zero-order valence-electron chi connectivity index (χ0n) is 9.77. The second-order valence-corrected chi connectivity index (χ2v) is 4.51. The Bertz CT molecular complexity index is 326. The van der Waals surface area contributed by atoms with Crippen molar-refractivity contribution >= 4 is 17.7 Å². The highest BCUT2D eigenvalue weighted by molar-refractivity contribution is 7.99. The lowest BCUT2D eigenvalue weighted by Gasteiger charge is -2.03. The van der Waals surface area contributed by atoms with Gasteiger partial charge in [-0.2, -0.15) is 0 Å². The Balaban J connectivity index is 2.13. The van der Waals surface area contributed by atoms with E-state index in [1.165, 1.54) is 18.2 Å². The van der Waals surface area contributed by atoms with Crippen molar-refractivity contribution in [2.45, 2.75) is 31.3 Å². The minimum atomic E-state index is 0.0594. The molecule has 1 aromatic heterocycles. The van der Waals surface area contributed by atoms with E-state index in [1.54, 1.807) is 10.9 Å². The van der Waals surface area contributed by atoms with Crippen LogP contribution < -0.4 is 5.32 Å². The number of carbonyl (C=O) groups excluding carboxylic acids is 1. The Morgan fingerprint density at radius 1 is 1.56 bits per heavy atom. The van der Waals surface area contributed by atoms with Gasteiger partial charge in [-0.15, -0.1) is 10.2 Å². The van der Waals surface area contributed by atoms with E-state index in [2.05, 4.69) is 22.4 Å². The first-order valence-corrected chi connectivity index (χ1v) is 6.46. The fourth-order valence-electron chi connectivity index (χ4n) is 1.19. The van der Waals surface area contributed by atoms with E-state index in [4.69, 9.17) is 0 Å². The molecule has 0 aliphatic rings. The topological polar surface area (TPSA) is 59.8 Å². The van der Waals surface area contributed by atoms with Gasteiger partial charge in [-0.05, 0) is 6.42 Å². The molecule has 1 N–H and O–H groups in total. The maximum Gasteiger partial charge on any atom is 0.230 e. The van der Waals surface area contributed by atoms with Gasteiger partial charge in [0.2, 0.25) is 5.91 Å². The van der Waals surface area contributed by atoms with Crippen LogP contribution in [0.5, 0.6) is 0 Å². The molecule has 0 radical (unpaired) electrons. The second-order valence-electron chi connectivity index (χ2n) is 3.57. The summed E-state index contributed by atoms with van der Waals surface area (Å²) in [5.41, 5.74) is 0. The van der Waals surface area contributed by atoms with Gasteiger partial charge in [0, 0.05) is 13.6 Å². The van der Waals surface area contributed by atoms with E-state index < -0.39 is 0 Å². The van der Waals surface area contributed by atoms with Crippen LogP contribution in [0, 0.1) is 0 Å². The lowest BCUT2D eigenvalue weighted by Crippen LogP contribution is -2.26. The second kappa shape index (κ2) is 7.27. The van der Waals surface area contributed by atoms with Gasteiger partial charge in [-0.1, -0.05) is 31.5 Å². The lowest BCUT2D eigenvalue weighted by atomic mass is 10.2. The number of nitrogens with one attached hydrogen (secondary N) is 1. The molecule has 1 amide bonds. The molecule has 0 saturated carbocycles. The van der Waals surface area contributed by atoms with E-state index in [1.807, 2.05) is 7.05 Å². The Morgan fingerprint density at radius 3 is 3.00 bits per heavy atom. The molecule has 0 bridgehead atoms. The smallest absolute Gasteiger partial charge is 0.230 e. The van der Waals surface area contributed by atoms with E-state index >= 15 is 0 Å². The number of hydrogen-bond donors (Lipinski definition) is 1. The van der Waals surface area contributed by atoms with Crippen LogP contribution in [0.15, 0.2) is 11.5 Å². The van der Waals surface area contributed by atoms with Crippen molar-refractivity contribution in [2.24, 2.45) is 7.05 Å². The third-order valence-corrected chi connectivity index (χ3v) is 3.14. The number of nitrogens with zero attached hydrogens (tertiary/aromatic N) is 3. The van der Waals surface area contributed by atoms with Crippen LogP contribution in [0.2, 0.25) is 0 Å². The molecule has 1 heterocycles. The van der Waals surface area contributed by atoms with Gasteiger partial charge >= 0.3 is 0 Å². The van der Waals surface area contributed by atoms with Gasteiger partial charge in [0.25, 0.3) is 0 Å². The number of aromatic nitrogens is 3.